The third-order valence-electron chi connectivity index (χ3n) is 4.07. The van der Waals surface area contributed by atoms with Crippen molar-refractivity contribution in [1.82, 2.24) is 14.9 Å². The van der Waals surface area contributed by atoms with Crippen LogP contribution in [0.25, 0.3) is 10.7 Å². The second kappa shape index (κ2) is 7.79. The maximum absolute atomic E-state index is 12.7. The first-order chi connectivity index (χ1) is 12.8. The van der Waals surface area contributed by atoms with Gasteiger partial charge in [-0.2, -0.15) is 4.98 Å². The number of aryl methyl sites for hydroxylation is 2. The Kier molecular flexibility index (Phi) is 5.64. The quantitative estimate of drug-likeness (QED) is 0.648. The van der Waals surface area contributed by atoms with E-state index in [1.54, 1.807) is 13.0 Å². The van der Waals surface area contributed by atoms with Crippen LogP contribution < -0.4 is 9.62 Å². The minimum atomic E-state index is -3.64. The van der Waals surface area contributed by atoms with Crippen LogP contribution in [0.4, 0.5) is 5.69 Å². The van der Waals surface area contributed by atoms with Crippen molar-refractivity contribution in [3.8, 4) is 10.7 Å². The lowest BCUT2D eigenvalue weighted by atomic mass is 10.2. The van der Waals surface area contributed by atoms with E-state index in [1.165, 1.54) is 11.3 Å². The number of nitrogens with one attached hydrogen (secondary N) is 1. The third kappa shape index (κ3) is 4.37. The topological polar surface area (TPSA) is 88.3 Å². The molecule has 0 aliphatic carbocycles. The van der Waals surface area contributed by atoms with E-state index in [9.17, 15) is 8.42 Å². The number of benzene rings is 1. The molecule has 0 amide bonds. The normalized spacial score (nSPS) is 11.7. The molecule has 2 aromatic heterocycles. The zero-order chi connectivity index (χ0) is 19.6. The maximum Gasteiger partial charge on any atom is 0.241 e. The smallest absolute Gasteiger partial charge is 0.241 e. The predicted molar refractivity (Wildman–Crippen MR) is 107 cm³/mol. The Morgan fingerprint density at radius 1 is 1.22 bits per heavy atom. The van der Waals surface area contributed by atoms with Crippen molar-refractivity contribution in [1.29, 1.82) is 0 Å². The average molecular weight is 407 g/mol. The molecule has 7 nitrogen and oxygen atoms in total. The summed E-state index contributed by atoms with van der Waals surface area (Å²) < 4.78 is 33.2. The van der Waals surface area contributed by atoms with E-state index in [4.69, 9.17) is 4.52 Å². The molecule has 0 bridgehead atoms. The first kappa shape index (κ1) is 19.5. The minimum Gasteiger partial charge on any atom is -0.378 e. The summed E-state index contributed by atoms with van der Waals surface area (Å²) in [4.78, 5) is 7.86. The number of sulfonamides is 1. The summed E-state index contributed by atoms with van der Waals surface area (Å²) in [5, 5.41) is 3.91. The molecule has 0 unspecified atom stereocenters. The van der Waals surface area contributed by atoms with E-state index in [0.29, 0.717) is 27.9 Å². The first-order valence-electron chi connectivity index (χ1n) is 8.49. The van der Waals surface area contributed by atoms with Crippen LogP contribution in [-0.4, -0.2) is 32.7 Å². The van der Waals surface area contributed by atoms with Crippen molar-refractivity contribution < 1.29 is 12.9 Å². The Labute approximate surface area is 163 Å². The Morgan fingerprint density at radius 3 is 2.52 bits per heavy atom. The van der Waals surface area contributed by atoms with Crippen LogP contribution >= 0.6 is 11.3 Å². The Balaban J connectivity index is 1.76. The largest absolute Gasteiger partial charge is 0.378 e. The van der Waals surface area contributed by atoms with Crippen molar-refractivity contribution in [2.24, 2.45) is 0 Å². The fraction of sp³-hybridized carbons (Fsp3) is 0.333. The van der Waals surface area contributed by atoms with Gasteiger partial charge in [-0.3, -0.25) is 0 Å². The van der Waals surface area contributed by atoms with Gasteiger partial charge in [-0.1, -0.05) is 24.2 Å². The van der Waals surface area contributed by atoms with Crippen molar-refractivity contribution in [2.45, 2.75) is 31.7 Å². The van der Waals surface area contributed by atoms with Crippen LogP contribution in [0.3, 0.4) is 0 Å². The molecule has 3 aromatic rings. The number of nitrogens with zero attached hydrogens (tertiary/aromatic N) is 3. The molecule has 0 saturated carbocycles. The molecular formula is C18H22N4O3S2. The molecule has 27 heavy (non-hydrogen) atoms. The molecule has 3 rings (SSSR count). The Bertz CT molecular complexity index is 1020. The van der Waals surface area contributed by atoms with Crippen LogP contribution in [0.5, 0.6) is 0 Å². The highest BCUT2D eigenvalue weighted by Crippen LogP contribution is 2.32. The van der Waals surface area contributed by atoms with E-state index >= 15 is 0 Å². The Morgan fingerprint density at radius 2 is 1.93 bits per heavy atom. The molecule has 144 valence electrons. The molecular weight excluding hydrogens is 384 g/mol. The zero-order valence-electron chi connectivity index (χ0n) is 15.7. The summed E-state index contributed by atoms with van der Waals surface area (Å²) in [5.41, 5.74) is 1.95. The van der Waals surface area contributed by atoms with Gasteiger partial charge in [-0.15, -0.1) is 11.3 Å². The van der Waals surface area contributed by atoms with E-state index in [-0.39, 0.29) is 11.4 Å². The second-order valence-corrected chi connectivity index (χ2v) is 9.27. The monoisotopic (exact) mass is 406 g/mol. The van der Waals surface area contributed by atoms with Crippen LogP contribution in [0.15, 0.2) is 39.8 Å². The maximum atomic E-state index is 12.7. The van der Waals surface area contributed by atoms with Gasteiger partial charge in [0.25, 0.3) is 0 Å². The molecule has 1 N–H and O–H groups in total. The first-order valence-corrected chi connectivity index (χ1v) is 10.8. The number of hydrogen-bond acceptors (Lipinski definition) is 7. The molecule has 0 fully saturated rings. The molecule has 9 heteroatoms. The molecule has 0 saturated heterocycles. The van der Waals surface area contributed by atoms with Crippen molar-refractivity contribution in [3.05, 3.63) is 46.7 Å². The van der Waals surface area contributed by atoms with Gasteiger partial charge in [-0.25, -0.2) is 13.1 Å². The highest BCUT2D eigenvalue weighted by atomic mass is 32.2. The summed E-state index contributed by atoms with van der Waals surface area (Å²) in [6.07, 6.45) is 0.636. The molecule has 0 atom stereocenters. The van der Waals surface area contributed by atoms with E-state index in [2.05, 4.69) is 14.9 Å². The van der Waals surface area contributed by atoms with E-state index in [1.807, 2.05) is 50.2 Å². The van der Waals surface area contributed by atoms with E-state index < -0.39 is 10.0 Å². The van der Waals surface area contributed by atoms with Crippen molar-refractivity contribution >= 4 is 27.0 Å². The van der Waals surface area contributed by atoms with Crippen molar-refractivity contribution in [3.63, 3.8) is 0 Å². The average Bonchev–Trinajstić information content (AvgIpc) is 3.27. The van der Waals surface area contributed by atoms with Crippen LogP contribution in [0, 0.1) is 6.92 Å². The fourth-order valence-corrected chi connectivity index (χ4v) is 5.04. The van der Waals surface area contributed by atoms with Gasteiger partial charge in [0.1, 0.15) is 0 Å². The SMILES string of the molecule is CCc1nc(-c2cc(S(=O)(=O)NCc3ccc(N(C)C)cc3)c(C)s2)no1. The summed E-state index contributed by atoms with van der Waals surface area (Å²) in [6, 6.07) is 9.34. The van der Waals surface area contributed by atoms with Gasteiger partial charge >= 0.3 is 0 Å². The summed E-state index contributed by atoms with van der Waals surface area (Å²) in [6.45, 7) is 3.92. The lowest BCUT2D eigenvalue weighted by molar-refractivity contribution is 0.383. The van der Waals surface area contributed by atoms with E-state index in [0.717, 1.165) is 11.3 Å². The van der Waals surface area contributed by atoms with Gasteiger partial charge in [0.15, 0.2) is 0 Å². The summed E-state index contributed by atoms with van der Waals surface area (Å²) in [7, 11) is 0.283. The molecule has 2 heterocycles. The standard InChI is InChI=1S/C18H22N4O3S2/c1-5-17-20-18(21-25-17)15-10-16(12(2)26-15)27(23,24)19-11-13-6-8-14(9-7-13)22(3)4/h6-10,19H,5,11H2,1-4H3. The second-order valence-electron chi connectivity index (χ2n) is 6.28. The van der Waals surface area contributed by atoms with Gasteiger partial charge < -0.3 is 9.42 Å². The minimum absolute atomic E-state index is 0.225. The van der Waals surface area contributed by atoms with Gasteiger partial charge in [0.05, 0.1) is 9.77 Å². The van der Waals surface area contributed by atoms with Gasteiger partial charge in [-0.05, 0) is 30.7 Å². The highest BCUT2D eigenvalue weighted by Gasteiger charge is 2.22. The lowest BCUT2D eigenvalue weighted by Crippen LogP contribution is -2.23. The molecule has 0 aliphatic heterocycles. The number of aromatic nitrogens is 2. The number of thiophene rings is 1. The predicted octanol–water partition coefficient (Wildman–Crippen LogP) is 3.21. The number of anilines is 1. The third-order valence-corrected chi connectivity index (χ3v) is 6.77. The Hall–Kier alpha value is -2.23. The molecule has 0 spiro atoms. The van der Waals surface area contributed by atoms with Gasteiger partial charge in [0.2, 0.25) is 21.7 Å². The zero-order valence-corrected chi connectivity index (χ0v) is 17.3. The lowest BCUT2D eigenvalue weighted by Gasteiger charge is -2.13. The number of rotatable bonds is 7. The highest BCUT2D eigenvalue weighted by molar-refractivity contribution is 7.89. The van der Waals surface area contributed by atoms with Crippen LogP contribution in [0.2, 0.25) is 0 Å². The van der Waals surface area contributed by atoms with Crippen LogP contribution in [0.1, 0.15) is 23.3 Å². The molecule has 0 radical (unpaired) electrons. The molecule has 0 aliphatic rings. The number of hydrogen-bond donors (Lipinski definition) is 1. The molecule has 1 aromatic carbocycles. The van der Waals surface area contributed by atoms with Crippen LogP contribution in [-0.2, 0) is 23.0 Å². The fourth-order valence-electron chi connectivity index (χ4n) is 2.51. The summed E-state index contributed by atoms with van der Waals surface area (Å²) >= 11 is 1.34. The summed E-state index contributed by atoms with van der Waals surface area (Å²) in [5.74, 6) is 0.945. The van der Waals surface area contributed by atoms with Crippen molar-refractivity contribution in [2.75, 3.05) is 19.0 Å². The van der Waals surface area contributed by atoms with Gasteiger partial charge in [0, 0.05) is 37.6 Å².